The number of carbonyl (C=O) groups excluding carboxylic acids is 2. The number of rotatable bonds is 4. The zero-order valence-corrected chi connectivity index (χ0v) is 20.3. The fourth-order valence-corrected chi connectivity index (χ4v) is 4.62. The van der Waals surface area contributed by atoms with E-state index in [4.69, 9.17) is 16.3 Å². The predicted molar refractivity (Wildman–Crippen MR) is 131 cm³/mol. The number of likely N-dealkylation sites (tertiary alicyclic amines) is 1. The van der Waals surface area contributed by atoms with Crippen LogP contribution in [0.25, 0.3) is 6.08 Å². The number of ether oxygens (including phenoxy) is 1. The van der Waals surface area contributed by atoms with Gasteiger partial charge in [0.1, 0.15) is 5.60 Å². The van der Waals surface area contributed by atoms with Crippen LogP contribution in [0.5, 0.6) is 0 Å². The lowest BCUT2D eigenvalue weighted by molar-refractivity contribution is -0.129. The fourth-order valence-electron chi connectivity index (χ4n) is 4.42. The summed E-state index contributed by atoms with van der Waals surface area (Å²) in [4.78, 5) is 28.8. The van der Waals surface area contributed by atoms with Gasteiger partial charge in [0.2, 0.25) is 5.91 Å². The standard InChI is InChI=1S/C27H31ClN2O3/c1-26(2,3)22-11-8-20(9-12-22)18-30-19-27(33-25(30)32)14-16-29(17-15-27)24(31)13-10-21-6-4-5-7-23(21)28/h4-13H,14-19H2,1-3H3/b13-10+. The third kappa shape index (κ3) is 5.41. The zero-order chi connectivity index (χ0) is 23.6. The van der Waals surface area contributed by atoms with Gasteiger partial charge in [-0.3, -0.25) is 9.69 Å². The summed E-state index contributed by atoms with van der Waals surface area (Å²) in [5.41, 5.74) is 2.77. The van der Waals surface area contributed by atoms with E-state index in [2.05, 4.69) is 45.0 Å². The summed E-state index contributed by atoms with van der Waals surface area (Å²) in [6.45, 7) is 8.78. The van der Waals surface area contributed by atoms with Crippen molar-refractivity contribution < 1.29 is 14.3 Å². The van der Waals surface area contributed by atoms with E-state index in [-0.39, 0.29) is 17.4 Å². The Balaban J connectivity index is 1.33. The van der Waals surface area contributed by atoms with Crippen LogP contribution in [-0.2, 0) is 21.5 Å². The van der Waals surface area contributed by atoms with E-state index in [1.165, 1.54) is 5.56 Å². The molecule has 1 spiro atoms. The molecule has 0 N–H and O–H groups in total. The molecule has 0 aliphatic carbocycles. The summed E-state index contributed by atoms with van der Waals surface area (Å²) in [5, 5.41) is 0.616. The van der Waals surface area contributed by atoms with E-state index in [1.807, 2.05) is 18.2 Å². The molecule has 0 bridgehead atoms. The first-order valence-corrected chi connectivity index (χ1v) is 11.8. The van der Waals surface area contributed by atoms with Gasteiger partial charge in [0.05, 0.1) is 6.54 Å². The summed E-state index contributed by atoms with van der Waals surface area (Å²) in [7, 11) is 0. The Morgan fingerprint density at radius 3 is 2.39 bits per heavy atom. The molecule has 0 atom stereocenters. The highest BCUT2D eigenvalue weighted by atomic mass is 35.5. The molecule has 2 aromatic carbocycles. The second-order valence-electron chi connectivity index (χ2n) is 10.0. The molecule has 2 aliphatic heterocycles. The zero-order valence-electron chi connectivity index (χ0n) is 19.5. The van der Waals surface area contributed by atoms with Crippen molar-refractivity contribution in [1.29, 1.82) is 0 Å². The maximum Gasteiger partial charge on any atom is 0.410 e. The SMILES string of the molecule is CC(C)(C)c1ccc(CN2CC3(CCN(C(=O)/C=C/c4ccccc4Cl)CC3)OC2=O)cc1. The van der Waals surface area contributed by atoms with Gasteiger partial charge in [-0.15, -0.1) is 0 Å². The Labute approximate surface area is 201 Å². The third-order valence-corrected chi connectivity index (χ3v) is 6.88. The van der Waals surface area contributed by atoms with E-state index in [0.29, 0.717) is 44.0 Å². The molecule has 2 heterocycles. The molecule has 2 amide bonds. The maximum absolute atomic E-state index is 12.6. The highest BCUT2D eigenvalue weighted by Crippen LogP contribution is 2.34. The van der Waals surface area contributed by atoms with E-state index in [0.717, 1.165) is 11.1 Å². The third-order valence-electron chi connectivity index (χ3n) is 6.53. The molecule has 5 nitrogen and oxygen atoms in total. The van der Waals surface area contributed by atoms with E-state index in [1.54, 1.807) is 28.0 Å². The lowest BCUT2D eigenvalue weighted by atomic mass is 9.86. The molecular weight excluding hydrogens is 436 g/mol. The Morgan fingerprint density at radius 2 is 1.76 bits per heavy atom. The topological polar surface area (TPSA) is 49.9 Å². The van der Waals surface area contributed by atoms with Crippen LogP contribution in [0.2, 0.25) is 5.02 Å². The number of hydrogen-bond donors (Lipinski definition) is 0. The van der Waals surface area contributed by atoms with Gasteiger partial charge in [0.15, 0.2) is 0 Å². The normalized spacial score (nSPS) is 18.2. The molecule has 0 radical (unpaired) electrons. The Bertz CT molecular complexity index is 1050. The fraction of sp³-hybridized carbons (Fsp3) is 0.407. The molecule has 4 rings (SSSR count). The van der Waals surface area contributed by atoms with Gasteiger partial charge in [0, 0.05) is 43.6 Å². The number of nitrogens with zero attached hydrogens (tertiary/aromatic N) is 2. The van der Waals surface area contributed by atoms with Crippen LogP contribution in [-0.4, -0.2) is 47.0 Å². The van der Waals surface area contributed by atoms with Gasteiger partial charge in [-0.2, -0.15) is 0 Å². The van der Waals surface area contributed by atoms with Gasteiger partial charge in [0.25, 0.3) is 0 Å². The highest BCUT2D eigenvalue weighted by Gasteiger charge is 2.47. The molecule has 2 saturated heterocycles. The monoisotopic (exact) mass is 466 g/mol. The highest BCUT2D eigenvalue weighted by molar-refractivity contribution is 6.32. The summed E-state index contributed by atoms with van der Waals surface area (Å²) < 4.78 is 5.84. The average molecular weight is 467 g/mol. The van der Waals surface area contributed by atoms with Crippen molar-refractivity contribution in [2.24, 2.45) is 0 Å². The number of halogens is 1. The van der Waals surface area contributed by atoms with E-state index < -0.39 is 5.60 Å². The van der Waals surface area contributed by atoms with Crippen molar-refractivity contribution in [2.45, 2.75) is 51.2 Å². The molecule has 0 unspecified atom stereocenters. The molecule has 6 heteroatoms. The van der Waals surface area contributed by atoms with Gasteiger partial charge in [-0.25, -0.2) is 4.79 Å². The number of hydrogen-bond acceptors (Lipinski definition) is 3. The molecule has 2 aromatic rings. The predicted octanol–water partition coefficient (Wildman–Crippen LogP) is 5.66. The van der Waals surface area contributed by atoms with Crippen LogP contribution >= 0.6 is 11.6 Å². The van der Waals surface area contributed by atoms with Gasteiger partial charge in [-0.05, 0) is 34.2 Å². The number of piperidine rings is 1. The minimum atomic E-state index is -0.508. The number of carbonyl (C=O) groups is 2. The van der Waals surface area contributed by atoms with Gasteiger partial charge in [-0.1, -0.05) is 74.8 Å². The van der Waals surface area contributed by atoms with Gasteiger partial charge >= 0.3 is 6.09 Å². The second-order valence-corrected chi connectivity index (χ2v) is 10.4. The van der Waals surface area contributed by atoms with E-state index in [9.17, 15) is 9.59 Å². The first kappa shape index (κ1) is 23.4. The Kier molecular flexibility index (Phi) is 6.53. The van der Waals surface area contributed by atoms with Crippen LogP contribution in [0.4, 0.5) is 4.79 Å². The first-order chi connectivity index (χ1) is 15.7. The van der Waals surface area contributed by atoms with E-state index >= 15 is 0 Å². The van der Waals surface area contributed by atoms with Crippen LogP contribution in [0.3, 0.4) is 0 Å². The van der Waals surface area contributed by atoms with Crippen LogP contribution in [0.1, 0.15) is 50.3 Å². The maximum atomic E-state index is 12.6. The minimum absolute atomic E-state index is 0.0510. The minimum Gasteiger partial charge on any atom is -0.441 e. The lowest BCUT2D eigenvalue weighted by Gasteiger charge is -2.37. The number of benzene rings is 2. The molecule has 33 heavy (non-hydrogen) atoms. The van der Waals surface area contributed by atoms with Crippen LogP contribution in [0.15, 0.2) is 54.6 Å². The molecule has 0 aromatic heterocycles. The molecule has 174 valence electrons. The summed E-state index contributed by atoms with van der Waals surface area (Å²) >= 11 is 6.16. The summed E-state index contributed by atoms with van der Waals surface area (Å²) in [6, 6.07) is 15.9. The largest absolute Gasteiger partial charge is 0.441 e. The molecular formula is C27H31ClN2O3. The van der Waals surface area contributed by atoms with Crippen molar-refractivity contribution in [3.8, 4) is 0 Å². The first-order valence-electron chi connectivity index (χ1n) is 11.4. The second kappa shape index (κ2) is 9.22. The van der Waals surface area contributed by atoms with Crippen LogP contribution < -0.4 is 0 Å². The summed E-state index contributed by atoms with van der Waals surface area (Å²) in [6.07, 6.45) is 4.33. The van der Waals surface area contributed by atoms with Crippen molar-refractivity contribution in [1.82, 2.24) is 9.80 Å². The van der Waals surface area contributed by atoms with Crippen molar-refractivity contribution in [2.75, 3.05) is 19.6 Å². The molecule has 2 fully saturated rings. The quantitative estimate of drug-likeness (QED) is 0.546. The van der Waals surface area contributed by atoms with Crippen LogP contribution in [0, 0.1) is 0 Å². The van der Waals surface area contributed by atoms with Crippen molar-refractivity contribution >= 4 is 29.7 Å². The lowest BCUT2D eigenvalue weighted by Crippen LogP contribution is -2.48. The Hall–Kier alpha value is -2.79. The molecule has 0 saturated carbocycles. The van der Waals surface area contributed by atoms with Gasteiger partial charge < -0.3 is 9.64 Å². The number of amides is 2. The average Bonchev–Trinajstić information content (AvgIpc) is 3.07. The Morgan fingerprint density at radius 1 is 1.09 bits per heavy atom. The smallest absolute Gasteiger partial charge is 0.410 e. The summed E-state index contributed by atoms with van der Waals surface area (Å²) in [5.74, 6) is -0.0510. The molecule has 2 aliphatic rings. The van der Waals surface area contributed by atoms with Crippen molar-refractivity contribution in [3.05, 3.63) is 76.3 Å². The van der Waals surface area contributed by atoms with Crippen molar-refractivity contribution in [3.63, 3.8) is 0 Å².